The maximum Gasteiger partial charge on any atom is 0.119 e. The van der Waals surface area contributed by atoms with Crippen LogP contribution in [0.1, 0.15) is 37.2 Å². The van der Waals surface area contributed by atoms with Crippen molar-refractivity contribution in [1.29, 1.82) is 0 Å². The fourth-order valence-electron chi connectivity index (χ4n) is 2.77. The Balaban J connectivity index is 2.02. The molecule has 1 fully saturated rings. The van der Waals surface area contributed by atoms with Gasteiger partial charge >= 0.3 is 0 Å². The molecule has 2 atom stereocenters. The van der Waals surface area contributed by atoms with Crippen molar-refractivity contribution in [3.63, 3.8) is 0 Å². The first-order valence-electron chi connectivity index (χ1n) is 6.17. The van der Waals surface area contributed by atoms with Gasteiger partial charge in [-0.15, -0.1) is 0 Å². The summed E-state index contributed by atoms with van der Waals surface area (Å²) in [4.78, 5) is 0. The molecule has 2 unspecified atom stereocenters. The highest BCUT2D eigenvalue weighted by atomic mass is 16.5. The molecule has 0 aliphatic heterocycles. The first kappa shape index (κ1) is 11.5. The van der Waals surface area contributed by atoms with Gasteiger partial charge in [0.15, 0.2) is 0 Å². The first-order chi connectivity index (χ1) is 7.83. The Hall–Kier alpha value is -1.02. The number of rotatable bonds is 4. The van der Waals surface area contributed by atoms with E-state index >= 15 is 0 Å². The lowest BCUT2D eigenvalue weighted by molar-refractivity contribution is 0.413. The lowest BCUT2D eigenvalue weighted by Crippen LogP contribution is -2.05. The summed E-state index contributed by atoms with van der Waals surface area (Å²) in [6, 6.07) is 8.49. The van der Waals surface area contributed by atoms with Crippen LogP contribution < -0.4 is 10.5 Å². The Labute approximate surface area is 97.8 Å². The highest BCUT2D eigenvalue weighted by Crippen LogP contribution is 2.40. The van der Waals surface area contributed by atoms with Gasteiger partial charge in [-0.05, 0) is 61.8 Å². The second-order valence-electron chi connectivity index (χ2n) is 4.73. The van der Waals surface area contributed by atoms with E-state index in [0.29, 0.717) is 5.92 Å². The second-order valence-corrected chi connectivity index (χ2v) is 4.73. The molecular weight excluding hydrogens is 198 g/mol. The van der Waals surface area contributed by atoms with Crippen LogP contribution in [-0.4, -0.2) is 13.7 Å². The third-order valence-electron chi connectivity index (χ3n) is 3.68. The lowest BCUT2D eigenvalue weighted by atomic mass is 9.95. The summed E-state index contributed by atoms with van der Waals surface area (Å²) in [6.45, 7) is 0.829. The summed E-state index contributed by atoms with van der Waals surface area (Å²) in [5.41, 5.74) is 7.05. The van der Waals surface area contributed by atoms with Crippen molar-refractivity contribution in [3.8, 4) is 5.75 Å². The third-order valence-corrected chi connectivity index (χ3v) is 3.68. The topological polar surface area (TPSA) is 35.2 Å². The van der Waals surface area contributed by atoms with E-state index in [1.54, 1.807) is 7.11 Å². The van der Waals surface area contributed by atoms with Gasteiger partial charge in [-0.3, -0.25) is 0 Å². The van der Waals surface area contributed by atoms with Crippen LogP contribution in [0, 0.1) is 5.92 Å². The summed E-state index contributed by atoms with van der Waals surface area (Å²) < 4.78 is 5.27. The van der Waals surface area contributed by atoms with Crippen LogP contribution in [-0.2, 0) is 0 Å². The minimum atomic E-state index is 0.714. The predicted molar refractivity (Wildman–Crippen MR) is 66.7 cm³/mol. The molecule has 1 aliphatic rings. The van der Waals surface area contributed by atoms with Crippen molar-refractivity contribution in [3.05, 3.63) is 29.8 Å². The molecule has 2 rings (SSSR count). The van der Waals surface area contributed by atoms with Crippen LogP contribution in [0.2, 0.25) is 0 Å². The molecule has 1 saturated carbocycles. The van der Waals surface area contributed by atoms with Crippen molar-refractivity contribution in [1.82, 2.24) is 0 Å². The molecule has 0 radical (unpaired) electrons. The van der Waals surface area contributed by atoms with Crippen LogP contribution in [0.25, 0.3) is 0 Å². The van der Waals surface area contributed by atoms with Gasteiger partial charge < -0.3 is 10.5 Å². The van der Waals surface area contributed by atoms with Crippen molar-refractivity contribution in [2.75, 3.05) is 13.7 Å². The van der Waals surface area contributed by atoms with Crippen LogP contribution in [0.4, 0.5) is 0 Å². The fourth-order valence-corrected chi connectivity index (χ4v) is 2.77. The van der Waals surface area contributed by atoms with E-state index in [-0.39, 0.29) is 0 Å². The Morgan fingerprint density at radius 1 is 1.38 bits per heavy atom. The SMILES string of the molecule is COc1cccc(C2CCC(CCN)C2)c1. The number of nitrogens with two attached hydrogens (primary N) is 1. The van der Waals surface area contributed by atoms with E-state index in [1.165, 1.54) is 31.2 Å². The summed E-state index contributed by atoms with van der Waals surface area (Å²) in [7, 11) is 1.73. The third kappa shape index (κ3) is 2.56. The molecule has 2 N–H and O–H groups in total. The Morgan fingerprint density at radius 3 is 3.00 bits per heavy atom. The van der Waals surface area contributed by atoms with Crippen molar-refractivity contribution >= 4 is 0 Å². The van der Waals surface area contributed by atoms with E-state index in [0.717, 1.165) is 18.2 Å². The van der Waals surface area contributed by atoms with Gasteiger partial charge in [0.25, 0.3) is 0 Å². The van der Waals surface area contributed by atoms with Gasteiger partial charge in [0.05, 0.1) is 7.11 Å². The molecule has 1 aromatic carbocycles. The van der Waals surface area contributed by atoms with Gasteiger partial charge in [-0.1, -0.05) is 12.1 Å². The molecule has 16 heavy (non-hydrogen) atoms. The van der Waals surface area contributed by atoms with Crippen molar-refractivity contribution in [2.45, 2.75) is 31.6 Å². The zero-order valence-corrected chi connectivity index (χ0v) is 9.99. The van der Waals surface area contributed by atoms with Crippen molar-refractivity contribution in [2.24, 2.45) is 11.7 Å². The predicted octanol–water partition coefficient (Wildman–Crippen LogP) is 2.93. The van der Waals surface area contributed by atoms with Crippen molar-refractivity contribution < 1.29 is 4.74 Å². The normalized spacial score (nSPS) is 24.6. The summed E-state index contributed by atoms with van der Waals surface area (Å²) in [5, 5.41) is 0. The van der Waals surface area contributed by atoms with E-state index in [2.05, 4.69) is 18.2 Å². The zero-order chi connectivity index (χ0) is 11.4. The molecule has 2 heteroatoms. The number of benzene rings is 1. The largest absolute Gasteiger partial charge is 0.497 e. The van der Waals surface area contributed by atoms with E-state index in [4.69, 9.17) is 10.5 Å². The molecule has 0 saturated heterocycles. The number of hydrogen-bond acceptors (Lipinski definition) is 2. The van der Waals surface area contributed by atoms with Gasteiger partial charge in [0.2, 0.25) is 0 Å². The lowest BCUT2D eigenvalue weighted by Gasteiger charge is -2.12. The maximum atomic E-state index is 5.62. The smallest absolute Gasteiger partial charge is 0.119 e. The molecule has 1 aromatic rings. The maximum absolute atomic E-state index is 5.62. The Bertz CT molecular complexity index is 337. The molecule has 1 aliphatic carbocycles. The standard InChI is InChI=1S/C14H21NO/c1-16-14-4-2-3-12(10-14)13-6-5-11(9-13)7-8-15/h2-4,10-11,13H,5-9,15H2,1H3. The van der Waals surface area contributed by atoms with Crippen LogP contribution in [0.5, 0.6) is 5.75 Å². The highest BCUT2D eigenvalue weighted by Gasteiger charge is 2.25. The van der Waals surface area contributed by atoms with Crippen LogP contribution in [0.3, 0.4) is 0 Å². The zero-order valence-electron chi connectivity index (χ0n) is 9.99. The average molecular weight is 219 g/mol. The molecule has 0 spiro atoms. The average Bonchev–Trinajstić information content (AvgIpc) is 2.78. The number of ether oxygens (including phenoxy) is 1. The molecule has 0 amide bonds. The Morgan fingerprint density at radius 2 is 2.25 bits per heavy atom. The van der Waals surface area contributed by atoms with Crippen LogP contribution in [0.15, 0.2) is 24.3 Å². The number of hydrogen-bond donors (Lipinski definition) is 1. The molecule has 0 bridgehead atoms. The second kappa shape index (κ2) is 5.35. The van der Waals surface area contributed by atoms with Crippen LogP contribution >= 0.6 is 0 Å². The van der Waals surface area contributed by atoms with Gasteiger partial charge in [0, 0.05) is 0 Å². The molecule has 88 valence electrons. The highest BCUT2D eigenvalue weighted by molar-refractivity contribution is 5.31. The van der Waals surface area contributed by atoms with E-state index in [9.17, 15) is 0 Å². The van der Waals surface area contributed by atoms with E-state index in [1.807, 2.05) is 6.07 Å². The number of methoxy groups -OCH3 is 1. The molecule has 0 heterocycles. The molecule has 2 nitrogen and oxygen atoms in total. The summed E-state index contributed by atoms with van der Waals surface area (Å²) in [6.07, 6.45) is 5.11. The first-order valence-corrected chi connectivity index (χ1v) is 6.17. The molecular formula is C14H21NO. The summed E-state index contributed by atoms with van der Waals surface area (Å²) in [5.74, 6) is 2.52. The molecule has 0 aromatic heterocycles. The fraction of sp³-hybridized carbons (Fsp3) is 0.571. The van der Waals surface area contributed by atoms with E-state index < -0.39 is 0 Å². The Kier molecular flexibility index (Phi) is 3.83. The van der Waals surface area contributed by atoms with Gasteiger partial charge in [-0.2, -0.15) is 0 Å². The summed E-state index contributed by atoms with van der Waals surface area (Å²) >= 11 is 0. The minimum Gasteiger partial charge on any atom is -0.497 e. The minimum absolute atomic E-state index is 0.714. The monoisotopic (exact) mass is 219 g/mol. The quantitative estimate of drug-likeness (QED) is 0.845. The van der Waals surface area contributed by atoms with Gasteiger partial charge in [0.1, 0.15) is 5.75 Å². The van der Waals surface area contributed by atoms with Gasteiger partial charge in [-0.25, -0.2) is 0 Å².